The second-order valence-electron chi connectivity index (χ2n) is 15.0. The summed E-state index contributed by atoms with van der Waals surface area (Å²) in [5.41, 5.74) is 16.6. The lowest BCUT2D eigenvalue weighted by Crippen LogP contribution is -2.25. The van der Waals surface area contributed by atoms with Gasteiger partial charge in [-0.15, -0.1) is 0 Å². The largest absolute Gasteiger partial charge is 0.248 e. The van der Waals surface area contributed by atoms with E-state index in [4.69, 9.17) is 4.98 Å². The van der Waals surface area contributed by atoms with E-state index in [0.717, 1.165) is 28.1 Å². The SMILES string of the molecule is c1ccc(-c2cc(-c3ccccc3)nc(-c3ccc4c(c3)-c3ccccc3C43c4ccccc4-c4cc5c6ccccc6c6ccccc6c5cc43)c2)cc1. The van der Waals surface area contributed by atoms with Crippen molar-refractivity contribution in [2.45, 2.75) is 5.41 Å². The van der Waals surface area contributed by atoms with Gasteiger partial charge in [-0.05, 0) is 118 Å². The molecular weight excluding hydrogens is 663 g/mol. The Bertz CT molecular complexity index is 3140. The van der Waals surface area contributed by atoms with Crippen molar-refractivity contribution < 1.29 is 0 Å². The molecule has 0 saturated carbocycles. The number of rotatable bonds is 3. The van der Waals surface area contributed by atoms with Crippen LogP contribution in [-0.4, -0.2) is 4.98 Å². The highest BCUT2D eigenvalue weighted by Crippen LogP contribution is 2.63. The zero-order valence-electron chi connectivity index (χ0n) is 30.0. The lowest BCUT2D eigenvalue weighted by molar-refractivity contribution is 0.795. The fourth-order valence-corrected chi connectivity index (χ4v) is 9.93. The third-order valence-corrected chi connectivity index (χ3v) is 12.3. The number of fused-ring (bicyclic) bond motifs is 16. The lowest BCUT2D eigenvalue weighted by atomic mass is 9.70. The summed E-state index contributed by atoms with van der Waals surface area (Å²) < 4.78 is 0. The van der Waals surface area contributed by atoms with Crippen LogP contribution in [0.1, 0.15) is 22.3 Å². The van der Waals surface area contributed by atoms with E-state index in [-0.39, 0.29) is 0 Å². The third kappa shape index (κ3) is 4.21. The first-order chi connectivity index (χ1) is 27.3. The van der Waals surface area contributed by atoms with E-state index < -0.39 is 5.41 Å². The average Bonchev–Trinajstić information content (AvgIpc) is 3.73. The Labute approximate surface area is 319 Å². The highest BCUT2D eigenvalue weighted by atomic mass is 14.7. The Morgan fingerprint density at radius 2 is 0.709 bits per heavy atom. The molecule has 10 aromatic rings. The Hall–Kier alpha value is -7.09. The molecule has 0 aliphatic heterocycles. The summed E-state index contributed by atoms with van der Waals surface area (Å²) in [4.78, 5) is 5.33. The molecule has 55 heavy (non-hydrogen) atoms. The molecule has 0 N–H and O–H groups in total. The van der Waals surface area contributed by atoms with Crippen molar-refractivity contribution in [2.24, 2.45) is 0 Å². The number of pyridine rings is 1. The van der Waals surface area contributed by atoms with E-state index in [1.165, 1.54) is 82.4 Å². The maximum Gasteiger partial charge on any atom is 0.0725 e. The van der Waals surface area contributed by atoms with Crippen molar-refractivity contribution in [1.82, 2.24) is 4.98 Å². The van der Waals surface area contributed by atoms with Crippen LogP contribution in [0.5, 0.6) is 0 Å². The standard InChI is InChI=1S/C54H33N/c1-3-15-34(16-4-1)37-30-52(35-17-5-2-6-18-35)55-53(31-37)36-27-28-50-46(29-36)42-23-11-13-25-48(42)54(50)49-26-14-12-24-43(49)47-32-44-40-21-9-7-19-38(40)39-20-8-10-22-41(39)45(44)33-51(47)54/h1-33H. The van der Waals surface area contributed by atoms with Gasteiger partial charge >= 0.3 is 0 Å². The van der Waals surface area contributed by atoms with Crippen molar-refractivity contribution in [3.63, 3.8) is 0 Å². The van der Waals surface area contributed by atoms with Gasteiger partial charge in [-0.2, -0.15) is 0 Å². The summed E-state index contributed by atoms with van der Waals surface area (Å²) in [6.45, 7) is 0. The molecule has 0 saturated heterocycles. The van der Waals surface area contributed by atoms with Gasteiger partial charge < -0.3 is 0 Å². The molecule has 12 rings (SSSR count). The molecule has 0 amide bonds. The van der Waals surface area contributed by atoms with Gasteiger partial charge in [0, 0.05) is 11.1 Å². The molecule has 0 fully saturated rings. The molecule has 2 aliphatic carbocycles. The normalized spacial score (nSPS) is 15.0. The summed E-state index contributed by atoms with van der Waals surface area (Å²) in [6.07, 6.45) is 0. The molecule has 1 nitrogen and oxygen atoms in total. The molecule has 9 aromatic carbocycles. The number of aromatic nitrogens is 1. The summed E-state index contributed by atoms with van der Waals surface area (Å²) >= 11 is 0. The maximum absolute atomic E-state index is 5.33. The number of benzene rings is 9. The minimum absolute atomic E-state index is 0.453. The fraction of sp³-hybridized carbons (Fsp3) is 0.0185. The first-order valence-corrected chi connectivity index (χ1v) is 19.1. The Morgan fingerprint density at radius 1 is 0.255 bits per heavy atom. The lowest BCUT2D eigenvalue weighted by Gasteiger charge is -2.31. The van der Waals surface area contributed by atoms with Gasteiger partial charge in [-0.1, -0.05) is 170 Å². The van der Waals surface area contributed by atoms with Crippen molar-refractivity contribution in [3.05, 3.63) is 222 Å². The summed E-state index contributed by atoms with van der Waals surface area (Å²) in [5.74, 6) is 0. The Morgan fingerprint density at radius 3 is 1.33 bits per heavy atom. The monoisotopic (exact) mass is 695 g/mol. The van der Waals surface area contributed by atoms with Crippen LogP contribution < -0.4 is 0 Å². The predicted molar refractivity (Wildman–Crippen MR) is 229 cm³/mol. The minimum atomic E-state index is -0.453. The highest BCUT2D eigenvalue weighted by Gasteiger charge is 2.51. The molecule has 1 atom stereocenters. The first kappa shape index (κ1) is 30.4. The van der Waals surface area contributed by atoms with Crippen LogP contribution in [0.15, 0.2) is 200 Å². The number of hydrogen-bond acceptors (Lipinski definition) is 1. The zero-order chi connectivity index (χ0) is 36.1. The molecule has 1 spiro atoms. The van der Waals surface area contributed by atoms with Crippen LogP contribution in [0.25, 0.3) is 88.2 Å². The van der Waals surface area contributed by atoms with Gasteiger partial charge in [-0.3, -0.25) is 0 Å². The zero-order valence-corrected chi connectivity index (χ0v) is 30.0. The van der Waals surface area contributed by atoms with Crippen LogP contribution in [0, 0.1) is 0 Å². The quantitative estimate of drug-likeness (QED) is 0.168. The number of hydrogen-bond donors (Lipinski definition) is 0. The van der Waals surface area contributed by atoms with E-state index in [1.807, 2.05) is 0 Å². The minimum Gasteiger partial charge on any atom is -0.248 e. The molecular formula is C54H33N. The van der Waals surface area contributed by atoms with Crippen LogP contribution in [0.2, 0.25) is 0 Å². The average molecular weight is 696 g/mol. The molecule has 254 valence electrons. The van der Waals surface area contributed by atoms with E-state index in [1.54, 1.807) is 0 Å². The number of nitrogens with zero attached hydrogens (tertiary/aromatic N) is 1. The van der Waals surface area contributed by atoms with Crippen LogP contribution in [0.3, 0.4) is 0 Å². The highest BCUT2D eigenvalue weighted by molar-refractivity contribution is 6.26. The fourth-order valence-electron chi connectivity index (χ4n) is 9.93. The predicted octanol–water partition coefficient (Wildman–Crippen LogP) is 13.9. The Balaban J connectivity index is 1.14. The van der Waals surface area contributed by atoms with Crippen molar-refractivity contribution >= 4 is 32.3 Å². The van der Waals surface area contributed by atoms with Crippen molar-refractivity contribution in [2.75, 3.05) is 0 Å². The summed E-state index contributed by atoms with van der Waals surface area (Å²) in [5, 5.41) is 7.81. The Kier molecular flexibility index (Phi) is 6.33. The molecule has 2 aliphatic rings. The smallest absolute Gasteiger partial charge is 0.0725 e. The maximum atomic E-state index is 5.33. The second kappa shape index (κ2) is 11.5. The van der Waals surface area contributed by atoms with Gasteiger partial charge in [0.05, 0.1) is 16.8 Å². The van der Waals surface area contributed by atoms with Crippen molar-refractivity contribution in [1.29, 1.82) is 0 Å². The third-order valence-electron chi connectivity index (χ3n) is 12.3. The van der Waals surface area contributed by atoms with Crippen LogP contribution >= 0.6 is 0 Å². The van der Waals surface area contributed by atoms with E-state index >= 15 is 0 Å². The molecule has 1 heterocycles. The molecule has 1 aromatic heterocycles. The first-order valence-electron chi connectivity index (χ1n) is 19.1. The molecule has 1 unspecified atom stereocenters. The van der Waals surface area contributed by atoms with E-state index in [9.17, 15) is 0 Å². The van der Waals surface area contributed by atoms with E-state index in [0.29, 0.717) is 0 Å². The van der Waals surface area contributed by atoms with Gasteiger partial charge in [0.25, 0.3) is 0 Å². The van der Waals surface area contributed by atoms with Crippen LogP contribution in [-0.2, 0) is 5.41 Å². The van der Waals surface area contributed by atoms with Gasteiger partial charge in [0.2, 0.25) is 0 Å². The van der Waals surface area contributed by atoms with Gasteiger partial charge in [0.15, 0.2) is 0 Å². The van der Waals surface area contributed by atoms with Crippen LogP contribution in [0.4, 0.5) is 0 Å². The molecule has 0 radical (unpaired) electrons. The molecule has 1 heteroatoms. The van der Waals surface area contributed by atoms with Crippen molar-refractivity contribution in [3.8, 4) is 55.9 Å². The van der Waals surface area contributed by atoms with Gasteiger partial charge in [0.1, 0.15) is 0 Å². The van der Waals surface area contributed by atoms with E-state index in [2.05, 4.69) is 200 Å². The summed E-state index contributed by atoms with van der Waals surface area (Å²) in [7, 11) is 0. The topological polar surface area (TPSA) is 12.9 Å². The second-order valence-corrected chi connectivity index (χ2v) is 15.0. The van der Waals surface area contributed by atoms with Gasteiger partial charge in [-0.25, -0.2) is 4.98 Å². The molecule has 0 bridgehead atoms. The summed E-state index contributed by atoms with van der Waals surface area (Å²) in [6, 6.07) is 73.8.